The van der Waals surface area contributed by atoms with Crippen molar-refractivity contribution in [1.29, 1.82) is 0 Å². The average Bonchev–Trinajstić information content (AvgIpc) is 2.55. The highest BCUT2D eigenvalue weighted by Crippen LogP contribution is 2.14. The van der Waals surface area contributed by atoms with E-state index in [0.717, 1.165) is 6.04 Å². The molecule has 21 heavy (non-hydrogen) atoms. The fourth-order valence-corrected chi connectivity index (χ4v) is 4.36. The third-order valence-corrected chi connectivity index (χ3v) is 7.76. The lowest BCUT2D eigenvalue weighted by atomic mass is 10.2. The standard InChI is InChI=1S/C17H23O3Si/c1-6-14(5)19-20-17(18)15-10-12-16(13-11-15)21(7-2,8-3)9-4/h7-8,10-13H,2-3,6,9H2,1,4-5H3. The normalized spacial score (nSPS) is 11.2. The molecule has 0 atom stereocenters. The monoisotopic (exact) mass is 303 g/mol. The van der Waals surface area contributed by atoms with Crippen LogP contribution in [-0.2, 0) is 9.78 Å². The molecule has 0 spiro atoms. The minimum atomic E-state index is -1.85. The van der Waals surface area contributed by atoms with Crippen molar-refractivity contribution < 1.29 is 14.6 Å². The highest BCUT2D eigenvalue weighted by molar-refractivity contribution is 6.99. The van der Waals surface area contributed by atoms with E-state index in [-0.39, 0.29) is 0 Å². The molecule has 1 radical (unpaired) electrons. The fourth-order valence-electron chi connectivity index (χ4n) is 1.94. The second-order valence-electron chi connectivity index (χ2n) is 4.89. The maximum atomic E-state index is 11.8. The molecule has 3 nitrogen and oxygen atoms in total. The van der Waals surface area contributed by atoms with Crippen LogP contribution in [0, 0.1) is 6.10 Å². The van der Waals surface area contributed by atoms with Gasteiger partial charge in [-0.25, -0.2) is 4.79 Å². The van der Waals surface area contributed by atoms with Gasteiger partial charge in [0.2, 0.25) is 0 Å². The Morgan fingerprint density at radius 3 is 2.14 bits per heavy atom. The van der Waals surface area contributed by atoms with Crippen molar-refractivity contribution in [3.05, 3.63) is 60.5 Å². The lowest BCUT2D eigenvalue weighted by molar-refractivity contribution is -0.232. The SMILES string of the molecule is C=C[Si](C=C)(CC)c1ccc(C(=O)OO[C](C)CC)cc1. The Kier molecular flexibility index (Phi) is 6.59. The molecule has 1 aromatic carbocycles. The number of carbonyl (C=O) groups excluding carboxylic acids is 1. The van der Waals surface area contributed by atoms with Crippen LogP contribution in [-0.4, -0.2) is 14.0 Å². The molecule has 0 saturated carbocycles. The molecule has 0 aliphatic carbocycles. The van der Waals surface area contributed by atoms with Crippen molar-refractivity contribution in [2.75, 3.05) is 0 Å². The van der Waals surface area contributed by atoms with Crippen molar-refractivity contribution in [2.24, 2.45) is 0 Å². The van der Waals surface area contributed by atoms with Gasteiger partial charge in [-0.1, -0.05) is 42.6 Å². The van der Waals surface area contributed by atoms with Gasteiger partial charge < -0.3 is 0 Å². The van der Waals surface area contributed by atoms with Crippen LogP contribution in [0.15, 0.2) is 48.8 Å². The zero-order valence-electron chi connectivity index (χ0n) is 13.0. The number of hydrogen-bond acceptors (Lipinski definition) is 3. The molecule has 0 aromatic heterocycles. The summed E-state index contributed by atoms with van der Waals surface area (Å²) in [5.74, 6) is -0.490. The van der Waals surface area contributed by atoms with Gasteiger partial charge in [-0.05, 0) is 31.5 Å². The smallest absolute Gasteiger partial charge is 0.292 e. The Bertz CT molecular complexity index is 485. The second-order valence-corrected chi connectivity index (χ2v) is 9.07. The zero-order chi connectivity index (χ0) is 15.9. The van der Waals surface area contributed by atoms with Gasteiger partial charge in [0.25, 0.3) is 0 Å². The molecule has 0 bridgehead atoms. The maximum absolute atomic E-state index is 11.8. The quantitative estimate of drug-likeness (QED) is 0.415. The minimum Gasteiger partial charge on any atom is -0.292 e. The summed E-state index contributed by atoms with van der Waals surface area (Å²) < 4.78 is 0. The topological polar surface area (TPSA) is 35.5 Å². The summed E-state index contributed by atoms with van der Waals surface area (Å²) in [4.78, 5) is 21.5. The van der Waals surface area contributed by atoms with E-state index in [0.29, 0.717) is 18.1 Å². The van der Waals surface area contributed by atoms with Crippen LogP contribution < -0.4 is 5.19 Å². The predicted octanol–water partition coefficient (Wildman–Crippen LogP) is 3.86. The summed E-state index contributed by atoms with van der Waals surface area (Å²) in [6.45, 7) is 13.7. The maximum Gasteiger partial charge on any atom is 0.373 e. The van der Waals surface area contributed by atoms with Crippen LogP contribution in [0.3, 0.4) is 0 Å². The molecule has 0 fully saturated rings. The predicted molar refractivity (Wildman–Crippen MR) is 88.4 cm³/mol. The van der Waals surface area contributed by atoms with E-state index in [2.05, 4.69) is 20.1 Å². The van der Waals surface area contributed by atoms with Gasteiger partial charge >= 0.3 is 5.97 Å². The Morgan fingerprint density at radius 2 is 1.71 bits per heavy atom. The van der Waals surface area contributed by atoms with Crippen LogP contribution in [0.2, 0.25) is 6.04 Å². The molecule has 0 saturated heterocycles. The molecular formula is C17H23O3Si. The summed E-state index contributed by atoms with van der Waals surface area (Å²) in [6.07, 6.45) is 1.37. The first-order valence-corrected chi connectivity index (χ1v) is 9.48. The number of carbonyl (C=O) groups is 1. The van der Waals surface area contributed by atoms with Gasteiger partial charge in [0.1, 0.15) is 14.2 Å². The largest absolute Gasteiger partial charge is 0.373 e. The molecule has 1 rings (SSSR count). The fraction of sp³-hybridized carbons (Fsp3) is 0.294. The van der Waals surface area contributed by atoms with Gasteiger partial charge in [0, 0.05) is 0 Å². The van der Waals surface area contributed by atoms with E-state index < -0.39 is 14.0 Å². The first kappa shape index (κ1) is 17.4. The van der Waals surface area contributed by atoms with Crippen LogP contribution in [0.4, 0.5) is 0 Å². The Hall–Kier alpha value is -1.65. The minimum absolute atomic E-state index is 0.467. The molecule has 1 aromatic rings. The van der Waals surface area contributed by atoms with Crippen molar-refractivity contribution in [2.45, 2.75) is 33.2 Å². The molecule has 0 unspecified atom stereocenters. The summed E-state index contributed by atoms with van der Waals surface area (Å²) in [6, 6.07) is 8.41. The van der Waals surface area contributed by atoms with E-state index in [4.69, 9.17) is 9.78 Å². The molecule has 4 heteroatoms. The summed E-state index contributed by atoms with van der Waals surface area (Å²) in [5, 5.41) is 1.18. The van der Waals surface area contributed by atoms with E-state index in [1.54, 1.807) is 19.1 Å². The van der Waals surface area contributed by atoms with Crippen molar-refractivity contribution in [3.8, 4) is 0 Å². The third kappa shape index (κ3) is 4.16. The van der Waals surface area contributed by atoms with Crippen LogP contribution in [0.25, 0.3) is 0 Å². The zero-order valence-corrected chi connectivity index (χ0v) is 14.0. The Labute approximate surface area is 128 Å². The molecule has 0 N–H and O–H groups in total. The molecule has 0 amide bonds. The van der Waals surface area contributed by atoms with Crippen molar-refractivity contribution >= 4 is 19.2 Å². The second kappa shape index (κ2) is 7.95. The Balaban J connectivity index is 2.85. The lowest BCUT2D eigenvalue weighted by Crippen LogP contribution is -2.43. The highest BCUT2D eigenvalue weighted by Gasteiger charge is 2.26. The van der Waals surface area contributed by atoms with Gasteiger partial charge in [0.15, 0.2) is 0 Å². The molecular weight excluding hydrogens is 280 g/mol. The van der Waals surface area contributed by atoms with Crippen LogP contribution in [0.1, 0.15) is 37.6 Å². The van der Waals surface area contributed by atoms with Gasteiger partial charge in [-0.15, -0.1) is 13.2 Å². The van der Waals surface area contributed by atoms with Crippen molar-refractivity contribution in [1.82, 2.24) is 0 Å². The molecule has 0 aliphatic rings. The van der Waals surface area contributed by atoms with Gasteiger partial charge in [-0.3, -0.25) is 4.89 Å². The average molecular weight is 303 g/mol. The first-order chi connectivity index (χ1) is 10.0. The summed E-state index contributed by atoms with van der Waals surface area (Å²) in [5.41, 5.74) is 4.49. The number of hydrogen-bond donors (Lipinski definition) is 0. The van der Waals surface area contributed by atoms with Gasteiger partial charge in [-0.2, -0.15) is 4.89 Å². The number of rotatable bonds is 8. The highest BCUT2D eigenvalue weighted by atomic mass is 28.3. The van der Waals surface area contributed by atoms with Crippen LogP contribution >= 0.6 is 0 Å². The summed E-state index contributed by atoms with van der Waals surface area (Å²) >= 11 is 0. The number of benzene rings is 1. The van der Waals surface area contributed by atoms with Crippen molar-refractivity contribution in [3.63, 3.8) is 0 Å². The first-order valence-electron chi connectivity index (χ1n) is 7.12. The third-order valence-electron chi connectivity index (χ3n) is 3.73. The van der Waals surface area contributed by atoms with E-state index >= 15 is 0 Å². The van der Waals surface area contributed by atoms with E-state index in [1.165, 1.54) is 5.19 Å². The lowest BCUT2D eigenvalue weighted by Gasteiger charge is -2.23. The molecule has 113 valence electrons. The van der Waals surface area contributed by atoms with E-state index in [9.17, 15) is 4.79 Å². The molecule has 0 aliphatic heterocycles. The summed E-state index contributed by atoms with van der Waals surface area (Å²) in [7, 11) is -1.85. The Morgan fingerprint density at radius 1 is 1.14 bits per heavy atom. The van der Waals surface area contributed by atoms with E-state index in [1.807, 2.05) is 30.5 Å². The van der Waals surface area contributed by atoms with Gasteiger partial charge in [0.05, 0.1) is 5.56 Å². The molecule has 0 heterocycles. The van der Waals surface area contributed by atoms with Crippen LogP contribution in [0.5, 0.6) is 0 Å².